The van der Waals surface area contributed by atoms with Crippen molar-refractivity contribution in [2.45, 2.75) is 24.9 Å². The fourth-order valence-corrected chi connectivity index (χ4v) is 5.97. The third-order valence-corrected chi connectivity index (χ3v) is 8.11. The van der Waals surface area contributed by atoms with Crippen molar-refractivity contribution in [1.29, 1.82) is 0 Å². The molecule has 2 N–H and O–H groups in total. The van der Waals surface area contributed by atoms with Crippen molar-refractivity contribution in [3.8, 4) is 5.75 Å². The minimum Gasteiger partial charge on any atom is -0.494 e. The predicted octanol–water partition coefficient (Wildman–Crippen LogP) is 4.29. The third kappa shape index (κ3) is 6.41. The normalized spacial score (nSPS) is 20.7. The van der Waals surface area contributed by atoms with E-state index in [-0.39, 0.29) is 17.8 Å². The molecule has 3 fully saturated rings. The Bertz CT molecular complexity index is 1470. The Balaban J connectivity index is 1.26. The van der Waals surface area contributed by atoms with Crippen LogP contribution in [0.25, 0.3) is 0 Å². The molecule has 3 aliphatic heterocycles. The topological polar surface area (TPSA) is 104 Å². The van der Waals surface area contributed by atoms with Gasteiger partial charge in [0.25, 0.3) is 0 Å². The number of rotatable bonds is 9. The van der Waals surface area contributed by atoms with Crippen molar-refractivity contribution < 1.29 is 23.5 Å². The summed E-state index contributed by atoms with van der Waals surface area (Å²) in [5.74, 6) is 1.03. The van der Waals surface area contributed by atoms with E-state index >= 15 is 0 Å². The monoisotopic (exact) mass is 589 g/mol. The van der Waals surface area contributed by atoms with Crippen LogP contribution in [0.4, 0.5) is 33.1 Å². The summed E-state index contributed by atoms with van der Waals surface area (Å²) < 4.78 is 25.3. The van der Waals surface area contributed by atoms with Crippen LogP contribution in [0.1, 0.15) is 24.4 Å². The number of ether oxygens (including phenoxy) is 2. The Kier molecular flexibility index (Phi) is 8.68. The van der Waals surface area contributed by atoms with E-state index in [0.717, 1.165) is 57.1 Å². The number of hydroxylamine groups is 1. The second kappa shape index (κ2) is 12.9. The molecule has 0 aliphatic carbocycles. The van der Waals surface area contributed by atoms with Gasteiger partial charge in [-0.15, -0.1) is 0 Å². The smallest absolute Gasteiger partial charge is 0.247 e. The van der Waals surface area contributed by atoms with Crippen LogP contribution in [0.3, 0.4) is 0 Å². The zero-order valence-corrected chi connectivity index (χ0v) is 24.2. The highest BCUT2D eigenvalue weighted by atomic mass is 19.1. The summed E-state index contributed by atoms with van der Waals surface area (Å²) in [4.78, 5) is 31.9. The molecule has 43 heavy (non-hydrogen) atoms. The lowest BCUT2D eigenvalue weighted by atomic mass is 10.0. The van der Waals surface area contributed by atoms with Crippen LogP contribution in [-0.4, -0.2) is 79.9 Å². The van der Waals surface area contributed by atoms with Gasteiger partial charge >= 0.3 is 0 Å². The highest BCUT2D eigenvalue weighted by Gasteiger charge is 2.32. The molecule has 4 heterocycles. The number of methoxy groups -OCH3 is 1. The minimum atomic E-state index is -0.305. The Morgan fingerprint density at radius 2 is 1.95 bits per heavy atom. The van der Waals surface area contributed by atoms with E-state index in [4.69, 9.17) is 14.3 Å². The van der Waals surface area contributed by atoms with Gasteiger partial charge in [-0.05, 0) is 36.3 Å². The molecular weight excluding hydrogens is 553 g/mol. The van der Waals surface area contributed by atoms with E-state index in [9.17, 15) is 9.18 Å². The van der Waals surface area contributed by atoms with E-state index < -0.39 is 0 Å². The molecule has 0 saturated carbocycles. The number of carbonyl (C=O) groups excluding carboxylic acids is 1. The zero-order chi connectivity index (χ0) is 29.8. The number of hydrogen-bond acceptors (Lipinski definition) is 10. The van der Waals surface area contributed by atoms with Crippen molar-refractivity contribution in [2.75, 3.05) is 73.7 Å². The number of aromatic nitrogens is 2. The number of amides is 1. The summed E-state index contributed by atoms with van der Waals surface area (Å²) in [5.41, 5.74) is 2.94. The molecule has 6 rings (SSSR count). The lowest BCUT2D eigenvalue weighted by Crippen LogP contribution is -2.44. The van der Waals surface area contributed by atoms with Crippen LogP contribution >= 0.6 is 0 Å². The average molecular weight is 590 g/mol. The van der Waals surface area contributed by atoms with Gasteiger partial charge in [0.15, 0.2) is 5.82 Å². The number of carbonyl (C=O) groups is 1. The molecule has 0 unspecified atom stereocenters. The average Bonchev–Trinajstić information content (AvgIpc) is 3.73. The summed E-state index contributed by atoms with van der Waals surface area (Å²) in [7, 11) is 1.61. The molecule has 0 radical (unpaired) electrons. The molecule has 1 amide bonds. The number of nitrogens with one attached hydrogen (secondary N) is 2. The first-order valence-electron chi connectivity index (χ1n) is 14.5. The molecule has 12 heteroatoms. The van der Waals surface area contributed by atoms with Gasteiger partial charge in [0, 0.05) is 50.8 Å². The van der Waals surface area contributed by atoms with Gasteiger partial charge in [0.1, 0.15) is 23.7 Å². The molecular formula is C31H36FN7O4. The fraction of sp³-hybridized carbons (Fsp3) is 0.387. The summed E-state index contributed by atoms with van der Waals surface area (Å²) in [6.07, 6.45) is 4.42. The second-order valence-corrected chi connectivity index (χ2v) is 10.7. The molecule has 0 bridgehead atoms. The number of morpholine rings is 1. The van der Waals surface area contributed by atoms with E-state index in [2.05, 4.69) is 37.0 Å². The SMILES string of the molecule is C=CC(=O)Nc1cc(Nc2cc(N3OCC[C@@H]3c3cccc(F)c3)ncn2)c(OC)cc1N1CC[C@@H](N2CCOCC2)C1. The molecule has 2 aromatic carbocycles. The molecule has 2 atom stereocenters. The number of nitrogens with zero attached hydrogens (tertiary/aromatic N) is 5. The van der Waals surface area contributed by atoms with Crippen LogP contribution in [0.5, 0.6) is 5.75 Å². The van der Waals surface area contributed by atoms with Gasteiger partial charge in [0.05, 0.1) is 50.0 Å². The van der Waals surface area contributed by atoms with Gasteiger partial charge in [0.2, 0.25) is 5.91 Å². The number of anilines is 5. The molecule has 1 aromatic heterocycles. The Labute approximate surface area is 250 Å². The quantitative estimate of drug-likeness (QED) is 0.352. The van der Waals surface area contributed by atoms with E-state index in [1.54, 1.807) is 24.3 Å². The first kappa shape index (κ1) is 28.8. The lowest BCUT2D eigenvalue weighted by molar-refractivity contribution is -0.111. The molecule has 226 valence electrons. The molecule has 3 aliphatic rings. The first-order valence-corrected chi connectivity index (χ1v) is 14.5. The number of benzene rings is 2. The summed E-state index contributed by atoms with van der Waals surface area (Å²) in [6, 6.07) is 12.3. The van der Waals surface area contributed by atoms with Crippen molar-refractivity contribution in [3.05, 3.63) is 72.8 Å². The molecule has 3 saturated heterocycles. The predicted molar refractivity (Wildman–Crippen MR) is 162 cm³/mol. The highest BCUT2D eigenvalue weighted by Crippen LogP contribution is 2.41. The Morgan fingerprint density at radius 3 is 2.74 bits per heavy atom. The summed E-state index contributed by atoms with van der Waals surface area (Å²) in [5, 5.41) is 7.99. The van der Waals surface area contributed by atoms with Crippen LogP contribution in [-0.2, 0) is 14.4 Å². The number of hydrogen-bond donors (Lipinski definition) is 2. The third-order valence-electron chi connectivity index (χ3n) is 8.11. The van der Waals surface area contributed by atoms with Crippen molar-refractivity contribution >= 4 is 34.6 Å². The largest absolute Gasteiger partial charge is 0.494 e. The zero-order valence-electron chi connectivity index (χ0n) is 24.2. The van der Waals surface area contributed by atoms with E-state index in [0.29, 0.717) is 47.8 Å². The van der Waals surface area contributed by atoms with Crippen molar-refractivity contribution in [1.82, 2.24) is 14.9 Å². The van der Waals surface area contributed by atoms with Gasteiger partial charge < -0.3 is 25.0 Å². The molecule has 11 nitrogen and oxygen atoms in total. The van der Waals surface area contributed by atoms with Crippen LogP contribution < -0.4 is 25.3 Å². The fourth-order valence-electron chi connectivity index (χ4n) is 5.97. The lowest BCUT2D eigenvalue weighted by Gasteiger charge is -2.32. The van der Waals surface area contributed by atoms with Gasteiger partial charge in [-0.1, -0.05) is 18.7 Å². The van der Waals surface area contributed by atoms with Gasteiger partial charge in [-0.2, -0.15) is 0 Å². The minimum absolute atomic E-state index is 0.185. The number of halogens is 1. The second-order valence-electron chi connectivity index (χ2n) is 10.7. The van der Waals surface area contributed by atoms with Crippen LogP contribution in [0.2, 0.25) is 0 Å². The van der Waals surface area contributed by atoms with E-state index in [1.807, 2.05) is 18.2 Å². The van der Waals surface area contributed by atoms with Crippen molar-refractivity contribution in [3.63, 3.8) is 0 Å². The maximum atomic E-state index is 13.9. The molecule has 3 aromatic rings. The Morgan fingerprint density at radius 1 is 1.09 bits per heavy atom. The maximum Gasteiger partial charge on any atom is 0.247 e. The summed E-state index contributed by atoms with van der Waals surface area (Å²) >= 11 is 0. The summed E-state index contributed by atoms with van der Waals surface area (Å²) in [6.45, 7) is 9.16. The maximum absolute atomic E-state index is 13.9. The standard InChI is InChI=1S/C31H36FN7O4/c1-3-31(40)36-24-16-25(28(41-2)17-27(24)38-9-7-23(19-38)37-10-13-42-14-11-37)35-29-18-30(34-20-33-29)39-26(8-12-43-39)21-5-4-6-22(32)15-21/h3-6,15-18,20,23,26H,1,7-14,19H2,2H3,(H,36,40)(H,33,34,35)/t23-,26-/m1/s1. The van der Waals surface area contributed by atoms with Crippen LogP contribution in [0, 0.1) is 5.82 Å². The molecule has 0 spiro atoms. The first-order chi connectivity index (χ1) is 21.0. The van der Waals surface area contributed by atoms with Crippen LogP contribution in [0.15, 0.2) is 61.4 Å². The van der Waals surface area contributed by atoms with Gasteiger partial charge in [-0.25, -0.2) is 19.4 Å². The highest BCUT2D eigenvalue weighted by molar-refractivity contribution is 6.02. The van der Waals surface area contributed by atoms with E-state index in [1.165, 1.54) is 24.5 Å². The van der Waals surface area contributed by atoms with Crippen molar-refractivity contribution in [2.24, 2.45) is 0 Å². The Hall–Kier alpha value is -4.26. The van der Waals surface area contributed by atoms with Gasteiger partial charge in [-0.3, -0.25) is 14.5 Å².